The van der Waals surface area contributed by atoms with Crippen molar-refractivity contribution in [2.24, 2.45) is 16.7 Å². The summed E-state index contributed by atoms with van der Waals surface area (Å²) < 4.78 is 38.1. The van der Waals surface area contributed by atoms with Gasteiger partial charge in [0.2, 0.25) is 0 Å². The first-order chi connectivity index (χ1) is 23.8. The van der Waals surface area contributed by atoms with E-state index in [9.17, 15) is 29.4 Å². The summed E-state index contributed by atoms with van der Waals surface area (Å²) in [6.45, 7) is 21.0. The molecule has 1 aromatic carbocycles. The highest BCUT2D eigenvalue weighted by Crippen LogP contribution is 2.66. The van der Waals surface area contributed by atoms with Crippen LogP contribution in [0.15, 0.2) is 41.5 Å². The van der Waals surface area contributed by atoms with Gasteiger partial charge >= 0.3 is 23.9 Å². The van der Waals surface area contributed by atoms with Gasteiger partial charge in [0.05, 0.1) is 24.2 Å². The van der Waals surface area contributed by atoms with Crippen LogP contribution in [0.1, 0.15) is 92.4 Å². The van der Waals surface area contributed by atoms with E-state index in [1.807, 2.05) is 0 Å². The molecule has 10 atom stereocenters. The van der Waals surface area contributed by atoms with Gasteiger partial charge in [0, 0.05) is 44.4 Å². The molecule has 1 heterocycles. The predicted molar refractivity (Wildman–Crippen MR) is 191 cm³/mol. The number of ether oxygens (including phenoxy) is 5. The van der Waals surface area contributed by atoms with Crippen LogP contribution in [0, 0.1) is 16.7 Å². The van der Waals surface area contributed by atoms with Crippen LogP contribution in [0.25, 0.3) is 0 Å². The van der Waals surface area contributed by atoms with Gasteiger partial charge in [0.25, 0.3) is 0 Å². The van der Waals surface area contributed by atoms with Crippen molar-refractivity contribution < 1.29 is 57.5 Å². The zero-order valence-corrected chi connectivity index (χ0v) is 33.5. The van der Waals surface area contributed by atoms with Crippen molar-refractivity contribution in [1.82, 2.24) is 0 Å². The third-order valence-corrected chi connectivity index (χ3v) is 17.4. The molecule has 13 heteroatoms. The summed E-state index contributed by atoms with van der Waals surface area (Å²) in [7, 11) is -2.66. The van der Waals surface area contributed by atoms with Crippen molar-refractivity contribution in [3.63, 3.8) is 0 Å². The Balaban J connectivity index is 1.91. The molecule has 0 radical (unpaired) electrons. The first-order valence-corrected chi connectivity index (χ1v) is 21.0. The van der Waals surface area contributed by atoms with Crippen molar-refractivity contribution in [2.75, 3.05) is 6.61 Å². The van der Waals surface area contributed by atoms with E-state index in [0.29, 0.717) is 11.1 Å². The summed E-state index contributed by atoms with van der Waals surface area (Å²) in [5.74, 6) is -3.91. The molecule has 12 nitrogen and oxygen atoms in total. The fourth-order valence-electron chi connectivity index (χ4n) is 9.15. The van der Waals surface area contributed by atoms with Crippen LogP contribution < -0.4 is 0 Å². The fourth-order valence-corrected chi connectivity index (χ4v) is 10.6. The topological polar surface area (TPSA) is 164 Å². The minimum absolute atomic E-state index is 0.125. The lowest BCUT2D eigenvalue weighted by Crippen LogP contribution is -2.83. The number of hydrogen-bond acceptors (Lipinski definition) is 12. The van der Waals surface area contributed by atoms with E-state index in [-0.39, 0.29) is 30.1 Å². The maximum absolute atomic E-state index is 14.3. The van der Waals surface area contributed by atoms with Crippen molar-refractivity contribution in [1.29, 1.82) is 0 Å². The minimum atomic E-state index is -2.66. The summed E-state index contributed by atoms with van der Waals surface area (Å²) in [5.41, 5.74) is -5.51. The first kappa shape index (κ1) is 40.1. The molecule has 2 bridgehead atoms. The van der Waals surface area contributed by atoms with E-state index in [0.717, 1.165) is 0 Å². The van der Waals surface area contributed by atoms with Crippen LogP contribution in [-0.4, -0.2) is 96.8 Å². The Morgan fingerprint density at radius 3 is 2.02 bits per heavy atom. The molecular formula is C39H56O12Si. The number of esters is 4. The maximum Gasteiger partial charge on any atom is 0.338 e. The highest BCUT2D eigenvalue weighted by molar-refractivity contribution is 6.74. The Kier molecular flexibility index (Phi) is 10.3. The molecule has 5 rings (SSSR count). The highest BCUT2D eigenvalue weighted by atomic mass is 28.4. The number of rotatable bonds is 7. The van der Waals surface area contributed by atoms with Gasteiger partial charge < -0.3 is 38.3 Å². The zero-order chi connectivity index (χ0) is 39.0. The largest absolute Gasteiger partial charge is 0.458 e. The first-order valence-electron chi connectivity index (χ1n) is 18.1. The smallest absolute Gasteiger partial charge is 0.338 e. The lowest BCUT2D eigenvalue weighted by molar-refractivity contribution is -0.363. The standard InChI is InChI=1S/C39H56O12Si/c1-21-26(47-22(2)40)19-39(45)33(49-34(44)25-16-14-13-15-17-25)31-37(10,32(43)30(48-23(3)41)29(21)36(39,8)9)27(51-52(11,12)35(5,6)7)18-28-38(31,20-46-28)50-24(4)42/h13-17,26-28,30-33,43,45H,18-20H2,1-12H3/t26-,27-,28+,30+,31-,32-,33-,37+,38-,39+/m0/s1. The fraction of sp³-hybridized carbons (Fsp3) is 0.692. The van der Waals surface area contributed by atoms with E-state index in [1.54, 1.807) is 58.0 Å². The van der Waals surface area contributed by atoms with E-state index >= 15 is 0 Å². The van der Waals surface area contributed by atoms with Crippen LogP contribution in [0.2, 0.25) is 18.1 Å². The SMILES string of the molecule is CC(=O)O[C@H]1C[C@@]2(O)[C@@H](OC(=O)c3ccccc3)[C@@H]3[C@]4(OC(C)=O)CO[C@@H]4C[C@H](O[Si](C)(C)C(C)(C)C)[C@@]3(C)[C@@H](O)[C@H](OC(C)=O)C(=C1C)C2(C)C. The number of carbonyl (C=O) groups excluding carboxylic acids is 4. The van der Waals surface area contributed by atoms with Gasteiger partial charge in [-0.3, -0.25) is 14.4 Å². The Morgan fingerprint density at radius 1 is 0.923 bits per heavy atom. The Morgan fingerprint density at radius 2 is 1.52 bits per heavy atom. The van der Waals surface area contributed by atoms with Crippen LogP contribution in [0.4, 0.5) is 0 Å². The third kappa shape index (κ3) is 6.23. The second-order valence-corrected chi connectivity index (χ2v) is 22.2. The molecule has 1 aliphatic heterocycles. The predicted octanol–water partition coefficient (Wildman–Crippen LogP) is 5.04. The zero-order valence-electron chi connectivity index (χ0n) is 32.5. The van der Waals surface area contributed by atoms with Crippen LogP contribution >= 0.6 is 0 Å². The average Bonchev–Trinajstić information content (AvgIpc) is 3.01. The van der Waals surface area contributed by atoms with Crippen molar-refractivity contribution in [2.45, 2.75) is 148 Å². The molecule has 0 unspecified atom stereocenters. The molecule has 3 fully saturated rings. The number of carbonyl (C=O) groups is 4. The van der Waals surface area contributed by atoms with Gasteiger partial charge in [-0.15, -0.1) is 0 Å². The Bertz CT molecular complexity index is 1630. The summed E-state index contributed by atoms with van der Waals surface area (Å²) in [6.07, 6.45) is -7.17. The van der Waals surface area contributed by atoms with Crippen molar-refractivity contribution in [3.8, 4) is 0 Å². The molecule has 0 spiro atoms. The number of fused-ring (bicyclic) bond motifs is 5. The molecular weight excluding hydrogens is 689 g/mol. The molecule has 4 aliphatic rings. The molecule has 2 N–H and O–H groups in total. The van der Waals surface area contributed by atoms with E-state index < -0.39 is 96.8 Å². The molecule has 1 saturated heterocycles. The molecule has 2 saturated carbocycles. The number of aliphatic hydroxyl groups is 2. The van der Waals surface area contributed by atoms with Gasteiger partial charge in [0.15, 0.2) is 20.0 Å². The summed E-state index contributed by atoms with van der Waals surface area (Å²) in [4.78, 5) is 52.9. The molecule has 0 aromatic heterocycles. The molecule has 3 aliphatic carbocycles. The van der Waals surface area contributed by atoms with Crippen molar-refractivity contribution in [3.05, 3.63) is 47.0 Å². The third-order valence-electron chi connectivity index (χ3n) is 12.9. The number of aliphatic hydroxyl groups excluding tert-OH is 1. The number of benzene rings is 1. The molecule has 288 valence electrons. The number of hydrogen-bond donors (Lipinski definition) is 2. The van der Waals surface area contributed by atoms with Crippen LogP contribution in [0.5, 0.6) is 0 Å². The molecule has 0 amide bonds. The monoisotopic (exact) mass is 744 g/mol. The maximum atomic E-state index is 14.3. The Labute approximate surface area is 307 Å². The molecule has 52 heavy (non-hydrogen) atoms. The molecule has 1 aromatic rings. The minimum Gasteiger partial charge on any atom is -0.458 e. The Hall–Kier alpha value is -3.10. The van der Waals surface area contributed by atoms with Gasteiger partial charge in [0.1, 0.15) is 30.0 Å². The van der Waals surface area contributed by atoms with E-state index in [4.69, 9.17) is 28.1 Å². The van der Waals surface area contributed by atoms with Gasteiger partial charge in [-0.2, -0.15) is 0 Å². The van der Waals surface area contributed by atoms with Gasteiger partial charge in [-0.25, -0.2) is 4.79 Å². The lowest BCUT2D eigenvalue weighted by atomic mass is 9.44. The van der Waals surface area contributed by atoms with Crippen LogP contribution in [-0.2, 0) is 42.5 Å². The second kappa shape index (κ2) is 13.3. The average molecular weight is 745 g/mol. The normalized spacial score (nSPS) is 36.8. The van der Waals surface area contributed by atoms with Gasteiger partial charge in [-0.05, 0) is 48.3 Å². The summed E-state index contributed by atoms with van der Waals surface area (Å²) >= 11 is 0. The van der Waals surface area contributed by atoms with E-state index in [1.165, 1.54) is 20.8 Å². The van der Waals surface area contributed by atoms with E-state index in [2.05, 4.69) is 33.9 Å². The quantitative estimate of drug-likeness (QED) is 0.166. The summed E-state index contributed by atoms with van der Waals surface area (Å²) in [5, 5.41) is 26.4. The highest BCUT2D eigenvalue weighted by Gasteiger charge is 2.78. The van der Waals surface area contributed by atoms with Gasteiger partial charge in [-0.1, -0.05) is 59.7 Å². The summed E-state index contributed by atoms with van der Waals surface area (Å²) in [6, 6.07) is 8.31. The van der Waals surface area contributed by atoms with Crippen molar-refractivity contribution >= 4 is 32.2 Å². The lowest BCUT2D eigenvalue weighted by Gasteiger charge is -2.70. The van der Waals surface area contributed by atoms with Crippen LogP contribution in [0.3, 0.4) is 0 Å². The second-order valence-electron chi connectivity index (χ2n) is 17.4.